The van der Waals surface area contributed by atoms with Crippen molar-refractivity contribution in [1.29, 1.82) is 0 Å². The minimum absolute atomic E-state index is 0.0525. The quantitative estimate of drug-likeness (QED) is 0.853. The Morgan fingerprint density at radius 1 is 1.14 bits per heavy atom. The summed E-state index contributed by atoms with van der Waals surface area (Å²) in [5.41, 5.74) is 2.20. The van der Waals surface area contributed by atoms with Crippen molar-refractivity contribution in [1.82, 2.24) is 0 Å². The lowest BCUT2D eigenvalue weighted by Gasteiger charge is -2.13. The predicted molar refractivity (Wildman–Crippen MR) is 81.5 cm³/mol. The maximum Gasteiger partial charge on any atom is 0.488 e. The van der Waals surface area contributed by atoms with Crippen LogP contribution in [0.4, 0.5) is 4.39 Å². The minimum atomic E-state index is -1.68. The molecule has 0 radical (unpaired) electrons. The molecule has 2 aromatic carbocycles. The summed E-state index contributed by atoms with van der Waals surface area (Å²) in [7, 11) is -1.68. The van der Waals surface area contributed by atoms with Crippen molar-refractivity contribution in [2.45, 2.75) is 20.5 Å². The van der Waals surface area contributed by atoms with Gasteiger partial charge < -0.3 is 14.8 Å². The number of benzene rings is 2. The van der Waals surface area contributed by atoms with E-state index in [2.05, 4.69) is 0 Å². The van der Waals surface area contributed by atoms with Gasteiger partial charge in [-0.25, -0.2) is 4.39 Å². The third-order valence-electron chi connectivity index (χ3n) is 3.17. The van der Waals surface area contributed by atoms with Gasteiger partial charge in [0, 0.05) is 10.6 Å². The molecule has 2 rings (SSSR count). The van der Waals surface area contributed by atoms with Crippen LogP contribution in [-0.2, 0) is 6.61 Å². The van der Waals surface area contributed by atoms with Gasteiger partial charge >= 0.3 is 7.12 Å². The van der Waals surface area contributed by atoms with Crippen molar-refractivity contribution in [2.75, 3.05) is 0 Å². The minimum Gasteiger partial charge on any atom is -0.488 e. The lowest BCUT2D eigenvalue weighted by Crippen LogP contribution is -2.30. The number of aryl methyl sites for hydroxylation is 2. The molecule has 21 heavy (non-hydrogen) atoms. The van der Waals surface area contributed by atoms with E-state index in [9.17, 15) is 4.39 Å². The molecular formula is C15H15BClFO3. The average Bonchev–Trinajstić information content (AvgIpc) is 2.38. The molecule has 0 saturated carbocycles. The predicted octanol–water partition coefficient (Wildman–Crippen LogP) is 2.35. The molecule has 6 heteroatoms. The van der Waals surface area contributed by atoms with Gasteiger partial charge in [-0.1, -0.05) is 23.7 Å². The second-order valence-corrected chi connectivity index (χ2v) is 5.32. The van der Waals surface area contributed by atoms with E-state index in [1.807, 2.05) is 13.8 Å². The van der Waals surface area contributed by atoms with Crippen LogP contribution in [0.1, 0.15) is 16.7 Å². The van der Waals surface area contributed by atoms with Gasteiger partial charge in [0.1, 0.15) is 18.2 Å². The molecule has 0 atom stereocenters. The van der Waals surface area contributed by atoms with E-state index >= 15 is 0 Å². The van der Waals surface area contributed by atoms with E-state index in [-0.39, 0.29) is 12.1 Å². The first-order valence-corrected chi connectivity index (χ1v) is 6.80. The van der Waals surface area contributed by atoms with Crippen LogP contribution in [0.25, 0.3) is 0 Å². The van der Waals surface area contributed by atoms with Gasteiger partial charge in [-0.05, 0) is 48.6 Å². The van der Waals surface area contributed by atoms with Crippen molar-refractivity contribution < 1.29 is 19.2 Å². The molecule has 0 fully saturated rings. The van der Waals surface area contributed by atoms with E-state index in [4.69, 9.17) is 26.4 Å². The Hall–Kier alpha value is -1.56. The van der Waals surface area contributed by atoms with Crippen LogP contribution >= 0.6 is 11.6 Å². The normalized spacial score (nSPS) is 10.6. The number of halogens is 2. The molecule has 0 spiro atoms. The molecule has 2 N–H and O–H groups in total. The zero-order valence-corrected chi connectivity index (χ0v) is 12.5. The van der Waals surface area contributed by atoms with E-state index in [1.165, 1.54) is 12.1 Å². The summed E-state index contributed by atoms with van der Waals surface area (Å²) in [5, 5.41) is 18.6. The highest BCUT2D eigenvalue weighted by molar-refractivity contribution is 6.58. The fraction of sp³-hybridized carbons (Fsp3) is 0.200. The molecule has 2 aromatic rings. The highest BCUT2D eigenvalue weighted by atomic mass is 35.5. The summed E-state index contributed by atoms with van der Waals surface area (Å²) < 4.78 is 19.5. The molecule has 110 valence electrons. The summed E-state index contributed by atoms with van der Waals surface area (Å²) >= 11 is 5.95. The van der Waals surface area contributed by atoms with Crippen LogP contribution in [-0.4, -0.2) is 17.2 Å². The molecule has 0 aliphatic carbocycles. The van der Waals surface area contributed by atoms with Crippen LogP contribution in [0, 0.1) is 19.7 Å². The third-order valence-corrected chi connectivity index (χ3v) is 3.39. The lowest BCUT2D eigenvalue weighted by atomic mass is 9.80. The Morgan fingerprint density at radius 2 is 1.76 bits per heavy atom. The van der Waals surface area contributed by atoms with Crippen LogP contribution < -0.4 is 10.2 Å². The largest absolute Gasteiger partial charge is 0.488 e. The Morgan fingerprint density at radius 3 is 2.29 bits per heavy atom. The summed E-state index contributed by atoms with van der Waals surface area (Å²) in [6, 6.07) is 7.58. The molecule has 0 aliphatic heterocycles. The summed E-state index contributed by atoms with van der Waals surface area (Å²) in [5.74, 6) is 0.134. The molecule has 0 aromatic heterocycles. The van der Waals surface area contributed by atoms with E-state index < -0.39 is 12.9 Å². The Bertz CT molecular complexity index is 638. The van der Waals surface area contributed by atoms with Crippen LogP contribution in [0.2, 0.25) is 5.02 Å². The monoisotopic (exact) mass is 308 g/mol. The van der Waals surface area contributed by atoms with Crippen LogP contribution in [0.15, 0.2) is 30.3 Å². The van der Waals surface area contributed by atoms with E-state index in [0.29, 0.717) is 16.3 Å². The highest BCUT2D eigenvalue weighted by Gasteiger charge is 2.14. The molecule has 0 saturated heterocycles. The number of hydrogen-bond donors (Lipinski definition) is 2. The molecule has 0 aliphatic rings. The Labute approximate surface area is 128 Å². The molecule has 0 heterocycles. The fourth-order valence-corrected chi connectivity index (χ4v) is 2.44. The first-order chi connectivity index (χ1) is 9.88. The van der Waals surface area contributed by atoms with Crippen LogP contribution in [0.5, 0.6) is 5.75 Å². The van der Waals surface area contributed by atoms with Crippen molar-refractivity contribution in [2.24, 2.45) is 0 Å². The standard InChI is InChI=1S/C15H15BClFO3/c1-9-5-13(17)6-10(2)15(9)21-8-11-3-4-12(16(19)20)7-14(11)18/h3-7,19-20H,8H2,1-2H3. The maximum absolute atomic E-state index is 13.9. The van der Waals surface area contributed by atoms with Crippen molar-refractivity contribution in [3.8, 4) is 5.75 Å². The topological polar surface area (TPSA) is 49.7 Å². The van der Waals surface area contributed by atoms with Gasteiger partial charge in [-0.15, -0.1) is 0 Å². The second-order valence-electron chi connectivity index (χ2n) is 4.88. The summed E-state index contributed by atoms with van der Waals surface area (Å²) in [6.45, 7) is 3.79. The second kappa shape index (κ2) is 6.47. The van der Waals surface area contributed by atoms with Gasteiger partial charge in [0.05, 0.1) is 0 Å². The highest BCUT2D eigenvalue weighted by Crippen LogP contribution is 2.27. The van der Waals surface area contributed by atoms with Gasteiger partial charge in [0.15, 0.2) is 0 Å². The number of hydrogen-bond acceptors (Lipinski definition) is 3. The molecule has 3 nitrogen and oxygen atoms in total. The van der Waals surface area contributed by atoms with Gasteiger partial charge in [-0.3, -0.25) is 0 Å². The molecular weight excluding hydrogens is 293 g/mol. The number of ether oxygens (including phenoxy) is 1. The van der Waals surface area contributed by atoms with E-state index in [1.54, 1.807) is 12.1 Å². The molecule has 0 unspecified atom stereocenters. The maximum atomic E-state index is 13.9. The van der Waals surface area contributed by atoms with Gasteiger partial charge in [0.25, 0.3) is 0 Å². The van der Waals surface area contributed by atoms with Gasteiger partial charge in [-0.2, -0.15) is 0 Å². The fourth-order valence-electron chi connectivity index (χ4n) is 2.12. The average molecular weight is 309 g/mol. The van der Waals surface area contributed by atoms with Crippen molar-refractivity contribution >= 4 is 24.2 Å². The van der Waals surface area contributed by atoms with Gasteiger partial charge in [0.2, 0.25) is 0 Å². The summed E-state index contributed by atoms with van der Waals surface area (Å²) in [4.78, 5) is 0. The number of rotatable bonds is 4. The Balaban J connectivity index is 2.17. The van der Waals surface area contributed by atoms with E-state index in [0.717, 1.165) is 17.2 Å². The van der Waals surface area contributed by atoms with Crippen LogP contribution in [0.3, 0.4) is 0 Å². The smallest absolute Gasteiger partial charge is 0.488 e. The third kappa shape index (κ3) is 3.76. The molecule has 0 amide bonds. The lowest BCUT2D eigenvalue weighted by molar-refractivity contribution is 0.296. The summed E-state index contributed by atoms with van der Waals surface area (Å²) in [6.07, 6.45) is 0. The Kier molecular flexibility index (Phi) is 4.88. The first kappa shape index (κ1) is 15.8. The molecule has 0 bridgehead atoms. The van der Waals surface area contributed by atoms with Crippen molar-refractivity contribution in [3.05, 3.63) is 57.9 Å². The first-order valence-electron chi connectivity index (χ1n) is 6.42. The zero-order valence-electron chi connectivity index (χ0n) is 11.7. The zero-order chi connectivity index (χ0) is 15.6. The SMILES string of the molecule is Cc1cc(Cl)cc(C)c1OCc1ccc(B(O)O)cc1F. The van der Waals surface area contributed by atoms with Crippen molar-refractivity contribution in [3.63, 3.8) is 0 Å².